The molecule has 0 saturated heterocycles. The summed E-state index contributed by atoms with van der Waals surface area (Å²) in [6.45, 7) is 7.60. The van der Waals surface area contributed by atoms with Gasteiger partial charge in [-0.05, 0) is 52.2 Å². The molecule has 0 aromatic heterocycles. The van der Waals surface area contributed by atoms with Crippen molar-refractivity contribution in [3.05, 3.63) is 29.8 Å². The van der Waals surface area contributed by atoms with Crippen LogP contribution in [0.2, 0.25) is 0 Å². The fraction of sp³-hybridized carbons (Fsp3) is 0.600. The van der Waals surface area contributed by atoms with Gasteiger partial charge in [0.15, 0.2) is 0 Å². The highest BCUT2D eigenvalue weighted by molar-refractivity contribution is 5.30. The minimum Gasteiger partial charge on any atom is -0.497 e. The zero-order valence-electron chi connectivity index (χ0n) is 12.4. The second kappa shape index (κ2) is 6.21. The number of likely N-dealkylation sites (N-methyl/N-ethyl adjacent to an activating group) is 2. The predicted octanol–water partition coefficient (Wildman–Crippen LogP) is 2.69. The quantitative estimate of drug-likeness (QED) is 0.840. The Kier molecular flexibility index (Phi) is 5.17. The average molecular weight is 250 g/mol. The highest BCUT2D eigenvalue weighted by Gasteiger charge is 2.32. The van der Waals surface area contributed by atoms with Gasteiger partial charge in [-0.2, -0.15) is 0 Å². The third-order valence-electron chi connectivity index (χ3n) is 3.72. The SMILES string of the molecule is CCNC(c1ccc(OC)cc1)C(C)(C)N(C)C. The summed E-state index contributed by atoms with van der Waals surface area (Å²) in [6, 6.07) is 8.61. The molecule has 0 saturated carbocycles. The van der Waals surface area contributed by atoms with E-state index in [9.17, 15) is 0 Å². The first-order valence-electron chi connectivity index (χ1n) is 6.48. The van der Waals surface area contributed by atoms with Gasteiger partial charge in [0.1, 0.15) is 5.75 Å². The summed E-state index contributed by atoms with van der Waals surface area (Å²) in [7, 11) is 5.93. The maximum absolute atomic E-state index is 5.21. The van der Waals surface area contributed by atoms with Crippen molar-refractivity contribution < 1.29 is 4.74 Å². The van der Waals surface area contributed by atoms with Crippen molar-refractivity contribution in [1.29, 1.82) is 0 Å². The molecule has 0 amide bonds. The molecule has 0 heterocycles. The number of methoxy groups -OCH3 is 1. The third-order valence-corrected chi connectivity index (χ3v) is 3.72. The zero-order valence-corrected chi connectivity index (χ0v) is 12.4. The maximum atomic E-state index is 5.21. The minimum atomic E-state index is 0.0462. The Balaban J connectivity index is 3.03. The Bertz CT molecular complexity index is 357. The van der Waals surface area contributed by atoms with Crippen LogP contribution in [-0.2, 0) is 0 Å². The summed E-state index contributed by atoms with van der Waals surface area (Å²) < 4.78 is 5.21. The van der Waals surface area contributed by atoms with E-state index in [0.29, 0.717) is 6.04 Å². The van der Waals surface area contributed by atoms with E-state index in [4.69, 9.17) is 4.74 Å². The molecule has 0 radical (unpaired) electrons. The summed E-state index contributed by atoms with van der Waals surface area (Å²) in [5.41, 5.74) is 1.33. The molecular weight excluding hydrogens is 224 g/mol. The molecule has 18 heavy (non-hydrogen) atoms. The molecule has 1 aromatic rings. The van der Waals surface area contributed by atoms with Gasteiger partial charge in [-0.3, -0.25) is 0 Å². The van der Waals surface area contributed by atoms with Crippen molar-refractivity contribution in [2.24, 2.45) is 0 Å². The number of benzene rings is 1. The number of nitrogens with one attached hydrogen (secondary N) is 1. The number of hydrogen-bond donors (Lipinski definition) is 1. The molecular formula is C15H26N2O. The number of rotatable bonds is 6. The Morgan fingerprint density at radius 1 is 1.22 bits per heavy atom. The summed E-state index contributed by atoms with van der Waals surface area (Å²) in [6.07, 6.45) is 0. The van der Waals surface area contributed by atoms with E-state index in [2.05, 4.69) is 57.2 Å². The summed E-state index contributed by atoms with van der Waals surface area (Å²) >= 11 is 0. The van der Waals surface area contributed by atoms with Gasteiger partial charge in [0, 0.05) is 5.54 Å². The van der Waals surface area contributed by atoms with E-state index in [1.54, 1.807) is 7.11 Å². The smallest absolute Gasteiger partial charge is 0.118 e. The molecule has 0 aliphatic rings. The molecule has 1 unspecified atom stereocenters. The van der Waals surface area contributed by atoms with E-state index >= 15 is 0 Å². The molecule has 0 fully saturated rings. The highest BCUT2D eigenvalue weighted by Crippen LogP contribution is 2.30. The molecule has 1 aromatic carbocycles. The average Bonchev–Trinajstić information content (AvgIpc) is 2.35. The van der Waals surface area contributed by atoms with Gasteiger partial charge in [-0.15, -0.1) is 0 Å². The van der Waals surface area contributed by atoms with Crippen molar-refractivity contribution in [3.8, 4) is 5.75 Å². The molecule has 0 bridgehead atoms. The minimum absolute atomic E-state index is 0.0462. The maximum Gasteiger partial charge on any atom is 0.118 e. The first kappa shape index (κ1) is 15.0. The summed E-state index contributed by atoms with van der Waals surface area (Å²) in [4.78, 5) is 2.25. The molecule has 1 rings (SSSR count). The third kappa shape index (κ3) is 3.24. The summed E-state index contributed by atoms with van der Waals surface area (Å²) in [5.74, 6) is 0.900. The Labute approximate surface area is 111 Å². The normalized spacial score (nSPS) is 13.7. The van der Waals surface area contributed by atoms with Crippen LogP contribution >= 0.6 is 0 Å². The molecule has 1 atom stereocenters. The van der Waals surface area contributed by atoms with E-state index in [0.717, 1.165) is 12.3 Å². The second-order valence-corrected chi connectivity index (χ2v) is 5.31. The van der Waals surface area contributed by atoms with Gasteiger partial charge in [0.2, 0.25) is 0 Å². The number of ether oxygens (including phenoxy) is 1. The lowest BCUT2D eigenvalue weighted by molar-refractivity contribution is 0.139. The van der Waals surface area contributed by atoms with Crippen LogP contribution in [0.1, 0.15) is 32.4 Å². The number of hydrogen-bond acceptors (Lipinski definition) is 3. The van der Waals surface area contributed by atoms with E-state index in [1.165, 1.54) is 5.56 Å². The molecule has 1 N–H and O–H groups in total. The predicted molar refractivity (Wildman–Crippen MR) is 77.2 cm³/mol. The van der Waals surface area contributed by atoms with E-state index in [1.807, 2.05) is 12.1 Å². The fourth-order valence-electron chi connectivity index (χ4n) is 2.03. The van der Waals surface area contributed by atoms with Crippen LogP contribution in [0.15, 0.2) is 24.3 Å². The van der Waals surface area contributed by atoms with Crippen LogP contribution in [-0.4, -0.2) is 38.2 Å². The lowest BCUT2D eigenvalue weighted by Gasteiger charge is -2.41. The van der Waals surface area contributed by atoms with Gasteiger partial charge < -0.3 is 15.0 Å². The van der Waals surface area contributed by atoms with Gasteiger partial charge >= 0.3 is 0 Å². The molecule has 3 nitrogen and oxygen atoms in total. The molecule has 102 valence electrons. The first-order valence-corrected chi connectivity index (χ1v) is 6.48. The topological polar surface area (TPSA) is 24.5 Å². The Morgan fingerprint density at radius 2 is 1.78 bits per heavy atom. The monoisotopic (exact) mass is 250 g/mol. The van der Waals surface area contributed by atoms with Gasteiger partial charge in [0.25, 0.3) is 0 Å². The molecule has 3 heteroatoms. The van der Waals surface area contributed by atoms with Crippen LogP contribution in [0.5, 0.6) is 5.75 Å². The van der Waals surface area contributed by atoms with Crippen molar-refractivity contribution in [2.45, 2.75) is 32.4 Å². The Morgan fingerprint density at radius 3 is 2.17 bits per heavy atom. The zero-order chi connectivity index (χ0) is 13.8. The largest absolute Gasteiger partial charge is 0.497 e. The van der Waals surface area contributed by atoms with Crippen LogP contribution in [0.25, 0.3) is 0 Å². The van der Waals surface area contributed by atoms with Gasteiger partial charge in [0.05, 0.1) is 13.2 Å². The molecule has 0 spiro atoms. The lowest BCUT2D eigenvalue weighted by atomic mass is 9.87. The highest BCUT2D eigenvalue weighted by atomic mass is 16.5. The van der Waals surface area contributed by atoms with Crippen LogP contribution in [0.4, 0.5) is 0 Å². The van der Waals surface area contributed by atoms with Crippen LogP contribution in [0, 0.1) is 0 Å². The van der Waals surface area contributed by atoms with Crippen molar-refractivity contribution >= 4 is 0 Å². The van der Waals surface area contributed by atoms with Gasteiger partial charge in [-0.25, -0.2) is 0 Å². The summed E-state index contributed by atoms with van der Waals surface area (Å²) in [5, 5.41) is 3.58. The van der Waals surface area contributed by atoms with E-state index < -0.39 is 0 Å². The van der Waals surface area contributed by atoms with Crippen LogP contribution in [0.3, 0.4) is 0 Å². The molecule has 0 aliphatic carbocycles. The number of nitrogens with zero attached hydrogens (tertiary/aromatic N) is 1. The standard InChI is InChI=1S/C15H26N2O/c1-7-16-14(15(2,3)17(4)5)12-8-10-13(18-6)11-9-12/h8-11,14,16H,7H2,1-6H3. The fourth-order valence-corrected chi connectivity index (χ4v) is 2.03. The Hall–Kier alpha value is -1.06. The molecule has 0 aliphatic heterocycles. The first-order chi connectivity index (χ1) is 8.43. The van der Waals surface area contributed by atoms with Crippen LogP contribution < -0.4 is 10.1 Å². The van der Waals surface area contributed by atoms with Gasteiger partial charge in [-0.1, -0.05) is 19.1 Å². The lowest BCUT2D eigenvalue weighted by Crippen LogP contribution is -2.49. The van der Waals surface area contributed by atoms with E-state index in [-0.39, 0.29) is 5.54 Å². The van der Waals surface area contributed by atoms with Crippen molar-refractivity contribution in [3.63, 3.8) is 0 Å². The van der Waals surface area contributed by atoms with Crippen molar-refractivity contribution in [2.75, 3.05) is 27.7 Å². The van der Waals surface area contributed by atoms with Crippen molar-refractivity contribution in [1.82, 2.24) is 10.2 Å². The second-order valence-electron chi connectivity index (χ2n) is 5.31.